The molecule has 0 radical (unpaired) electrons. The predicted octanol–water partition coefficient (Wildman–Crippen LogP) is 3.81. The summed E-state index contributed by atoms with van der Waals surface area (Å²) in [6, 6.07) is 12.0. The van der Waals surface area contributed by atoms with E-state index in [-0.39, 0.29) is 25.0 Å². The molecule has 0 aliphatic carbocycles. The number of ether oxygens (including phenoxy) is 2. The van der Waals surface area contributed by atoms with E-state index in [1.54, 1.807) is 0 Å². The Labute approximate surface area is 190 Å². The molecular weight excluding hydrogens is 430 g/mol. The van der Waals surface area contributed by atoms with Gasteiger partial charge in [0.15, 0.2) is 0 Å². The van der Waals surface area contributed by atoms with Crippen molar-refractivity contribution in [1.29, 1.82) is 5.26 Å². The van der Waals surface area contributed by atoms with Crippen molar-refractivity contribution >= 4 is 34.3 Å². The fourth-order valence-corrected chi connectivity index (χ4v) is 4.76. The highest BCUT2D eigenvalue weighted by atomic mass is 32.1. The molecule has 1 aliphatic rings. The summed E-state index contributed by atoms with van der Waals surface area (Å²) in [5, 5.41) is 13.1. The smallest absolute Gasteiger partial charge is 0.410 e. The molecule has 3 rings (SSSR count). The van der Waals surface area contributed by atoms with Crippen LogP contribution in [0.5, 0.6) is 0 Å². The normalized spacial score (nSPS) is 13.5. The van der Waals surface area contributed by atoms with E-state index in [1.165, 1.54) is 23.2 Å². The third-order valence-corrected chi connectivity index (χ3v) is 6.29. The van der Waals surface area contributed by atoms with Crippen molar-refractivity contribution in [2.45, 2.75) is 39.2 Å². The zero-order chi connectivity index (χ0) is 23.1. The van der Waals surface area contributed by atoms with Crippen molar-refractivity contribution in [2.24, 2.45) is 0 Å². The highest BCUT2D eigenvalue weighted by molar-refractivity contribution is 7.16. The Balaban J connectivity index is 1.61. The number of anilines is 1. The van der Waals surface area contributed by atoms with Gasteiger partial charge in [0.2, 0.25) is 5.91 Å². The van der Waals surface area contributed by atoms with Gasteiger partial charge in [-0.2, -0.15) is 5.26 Å². The fraction of sp³-hybridized carbons (Fsp3) is 0.391. The van der Waals surface area contributed by atoms with Crippen molar-refractivity contribution in [3.63, 3.8) is 0 Å². The lowest BCUT2D eigenvalue weighted by Gasteiger charge is -2.26. The zero-order valence-corrected chi connectivity index (χ0v) is 18.9. The first-order valence-corrected chi connectivity index (χ1v) is 11.1. The number of fused-ring (bicyclic) bond motifs is 1. The fourth-order valence-electron chi connectivity index (χ4n) is 3.53. The number of hydrogen-bond donors (Lipinski definition) is 1. The van der Waals surface area contributed by atoms with Crippen LogP contribution in [0.1, 0.15) is 47.8 Å². The molecule has 2 aromatic rings. The van der Waals surface area contributed by atoms with E-state index in [2.05, 4.69) is 11.4 Å². The standard InChI is InChI=1S/C23H25N3O5S/c1-15(17-6-4-3-5-7-17)12-21(28)25-22-19(13-24)18-8-9-26(14-20(18)32-22)23(29)31-11-10-30-16(2)27/h3-7,15H,8-12,14H2,1-2H3,(H,25,28). The van der Waals surface area contributed by atoms with Crippen LogP contribution in [0.3, 0.4) is 0 Å². The lowest BCUT2D eigenvalue weighted by molar-refractivity contribution is -0.142. The van der Waals surface area contributed by atoms with Gasteiger partial charge in [0.05, 0.1) is 12.1 Å². The molecule has 1 aliphatic heterocycles. The van der Waals surface area contributed by atoms with Crippen molar-refractivity contribution < 1.29 is 23.9 Å². The van der Waals surface area contributed by atoms with Gasteiger partial charge in [-0.15, -0.1) is 11.3 Å². The minimum atomic E-state index is -0.503. The first-order valence-electron chi connectivity index (χ1n) is 10.3. The minimum absolute atomic E-state index is 0.00926. The molecule has 1 aromatic carbocycles. The number of hydrogen-bond acceptors (Lipinski definition) is 7. The van der Waals surface area contributed by atoms with Crippen LogP contribution in [0, 0.1) is 11.3 Å². The van der Waals surface area contributed by atoms with Crippen LogP contribution >= 0.6 is 11.3 Å². The van der Waals surface area contributed by atoms with Gasteiger partial charge in [0, 0.05) is 24.8 Å². The Morgan fingerprint density at radius 1 is 1.22 bits per heavy atom. The van der Waals surface area contributed by atoms with E-state index in [0.29, 0.717) is 36.5 Å². The molecular formula is C23H25N3O5S. The lowest BCUT2D eigenvalue weighted by atomic mass is 9.97. The number of nitrogens with zero attached hydrogens (tertiary/aromatic N) is 2. The maximum absolute atomic E-state index is 12.6. The number of nitriles is 1. The van der Waals surface area contributed by atoms with Crippen molar-refractivity contribution in [1.82, 2.24) is 4.90 Å². The van der Waals surface area contributed by atoms with Crippen LogP contribution in [0.15, 0.2) is 30.3 Å². The minimum Gasteiger partial charge on any atom is -0.462 e. The van der Waals surface area contributed by atoms with Crippen LogP contribution in [-0.2, 0) is 32.0 Å². The summed E-state index contributed by atoms with van der Waals surface area (Å²) < 4.78 is 9.89. The molecule has 2 heterocycles. The second-order valence-corrected chi connectivity index (χ2v) is 8.61. The molecule has 0 bridgehead atoms. The molecule has 2 amide bonds. The molecule has 0 fully saturated rings. The van der Waals surface area contributed by atoms with Gasteiger partial charge in [-0.3, -0.25) is 9.59 Å². The molecule has 9 heteroatoms. The van der Waals surface area contributed by atoms with Gasteiger partial charge in [-0.1, -0.05) is 37.3 Å². The van der Waals surface area contributed by atoms with Crippen LogP contribution in [0.2, 0.25) is 0 Å². The van der Waals surface area contributed by atoms with E-state index < -0.39 is 12.1 Å². The van der Waals surface area contributed by atoms with E-state index in [9.17, 15) is 19.6 Å². The maximum Gasteiger partial charge on any atom is 0.410 e. The molecule has 1 unspecified atom stereocenters. The summed E-state index contributed by atoms with van der Waals surface area (Å²) in [5.74, 6) is -0.536. The number of rotatable bonds is 7. The summed E-state index contributed by atoms with van der Waals surface area (Å²) in [6.45, 7) is 3.98. The molecule has 0 saturated heterocycles. The van der Waals surface area contributed by atoms with Crippen LogP contribution < -0.4 is 5.32 Å². The Bertz CT molecular complexity index is 1030. The molecule has 1 atom stereocenters. The SMILES string of the molecule is CC(=O)OCCOC(=O)N1CCc2c(sc(NC(=O)CC(C)c3ccccc3)c2C#N)C1. The van der Waals surface area contributed by atoms with Crippen LogP contribution in [0.25, 0.3) is 0 Å². The third kappa shape index (κ3) is 5.86. The zero-order valence-electron chi connectivity index (χ0n) is 18.1. The summed E-state index contributed by atoms with van der Waals surface area (Å²) >= 11 is 1.32. The number of carbonyl (C=O) groups is 3. The Hall–Kier alpha value is -3.38. The number of nitrogens with one attached hydrogen (secondary N) is 1. The summed E-state index contributed by atoms with van der Waals surface area (Å²) in [7, 11) is 0. The van der Waals surface area contributed by atoms with E-state index in [4.69, 9.17) is 9.47 Å². The quantitative estimate of drug-likeness (QED) is 0.502. The number of esters is 1. The Kier molecular flexibility index (Phi) is 7.84. The third-order valence-electron chi connectivity index (χ3n) is 5.15. The van der Waals surface area contributed by atoms with Crippen molar-refractivity contribution in [3.8, 4) is 6.07 Å². The monoisotopic (exact) mass is 455 g/mol. The predicted molar refractivity (Wildman–Crippen MR) is 119 cm³/mol. The molecule has 0 spiro atoms. The van der Waals surface area contributed by atoms with E-state index in [1.807, 2.05) is 37.3 Å². The number of carbonyl (C=O) groups excluding carboxylic acids is 3. The molecule has 8 nitrogen and oxygen atoms in total. The van der Waals surface area contributed by atoms with Gasteiger partial charge in [-0.25, -0.2) is 4.79 Å². The molecule has 0 saturated carbocycles. The molecule has 32 heavy (non-hydrogen) atoms. The van der Waals surface area contributed by atoms with Crippen molar-refractivity contribution in [2.75, 3.05) is 25.1 Å². The highest BCUT2D eigenvalue weighted by Crippen LogP contribution is 2.37. The van der Waals surface area contributed by atoms with E-state index >= 15 is 0 Å². The lowest BCUT2D eigenvalue weighted by Crippen LogP contribution is -2.36. The summed E-state index contributed by atoms with van der Waals surface area (Å²) in [6.07, 6.45) is 0.305. The van der Waals surface area contributed by atoms with Crippen molar-refractivity contribution in [3.05, 3.63) is 51.9 Å². The summed E-state index contributed by atoms with van der Waals surface area (Å²) in [4.78, 5) is 38.1. The molecule has 1 aromatic heterocycles. The van der Waals surface area contributed by atoms with Gasteiger partial charge >= 0.3 is 12.1 Å². The number of thiophene rings is 1. The largest absolute Gasteiger partial charge is 0.462 e. The topological polar surface area (TPSA) is 109 Å². The average molecular weight is 456 g/mol. The Morgan fingerprint density at radius 3 is 2.62 bits per heavy atom. The summed E-state index contributed by atoms with van der Waals surface area (Å²) in [5.41, 5.74) is 2.41. The van der Waals surface area contributed by atoms with Gasteiger partial charge in [0.25, 0.3) is 0 Å². The number of benzene rings is 1. The first-order chi connectivity index (χ1) is 15.4. The van der Waals surface area contributed by atoms with Crippen LogP contribution in [0.4, 0.5) is 9.80 Å². The number of amides is 2. The van der Waals surface area contributed by atoms with Gasteiger partial charge in [-0.05, 0) is 23.5 Å². The first kappa shape index (κ1) is 23.3. The average Bonchev–Trinajstić information content (AvgIpc) is 3.12. The van der Waals surface area contributed by atoms with E-state index in [0.717, 1.165) is 16.0 Å². The highest BCUT2D eigenvalue weighted by Gasteiger charge is 2.28. The molecule has 168 valence electrons. The maximum atomic E-state index is 12.6. The van der Waals surface area contributed by atoms with Gasteiger partial charge < -0.3 is 19.7 Å². The second-order valence-electron chi connectivity index (χ2n) is 7.51. The van der Waals surface area contributed by atoms with Crippen LogP contribution in [-0.4, -0.2) is 42.6 Å². The Morgan fingerprint density at radius 2 is 1.94 bits per heavy atom. The van der Waals surface area contributed by atoms with Gasteiger partial charge in [0.1, 0.15) is 24.3 Å². The second kappa shape index (κ2) is 10.8. The molecule has 1 N–H and O–H groups in total.